The second-order valence-corrected chi connectivity index (χ2v) is 7.97. The van der Waals surface area contributed by atoms with Gasteiger partial charge in [-0.2, -0.15) is 5.10 Å². The van der Waals surface area contributed by atoms with Crippen molar-refractivity contribution in [3.8, 4) is 0 Å². The van der Waals surface area contributed by atoms with Crippen LogP contribution in [-0.4, -0.2) is 31.2 Å². The monoisotopic (exact) mass is 312 g/mol. The molecule has 0 aromatic carbocycles. The van der Waals surface area contributed by atoms with Crippen molar-refractivity contribution < 1.29 is 8.42 Å². The normalized spacial score (nSPS) is 19.7. The number of aromatic amines is 1. The van der Waals surface area contributed by atoms with Crippen molar-refractivity contribution in [3.05, 3.63) is 11.4 Å². The van der Waals surface area contributed by atoms with Gasteiger partial charge in [0.05, 0.1) is 11.4 Å². The van der Waals surface area contributed by atoms with E-state index in [4.69, 9.17) is 0 Å². The Bertz CT molecular complexity index is 588. The molecule has 0 atom stereocenters. The van der Waals surface area contributed by atoms with Crippen LogP contribution in [0.15, 0.2) is 4.90 Å². The standard InChI is InChI=1S/C14H24N4O2S/c1-10-14(13(18-17-10)9-15-12-5-6-12)21(19,20)16-8-7-11-3-2-4-11/h11-12,15-16H,2-9H2,1H3,(H,17,18). The molecular weight excluding hydrogens is 288 g/mol. The Morgan fingerprint density at radius 2 is 2.05 bits per heavy atom. The minimum Gasteiger partial charge on any atom is -0.308 e. The predicted molar refractivity (Wildman–Crippen MR) is 80.3 cm³/mol. The Hall–Kier alpha value is -0.920. The molecule has 3 rings (SSSR count). The van der Waals surface area contributed by atoms with Gasteiger partial charge in [0.2, 0.25) is 10.0 Å². The molecule has 0 aliphatic heterocycles. The van der Waals surface area contributed by atoms with Crippen molar-refractivity contribution in [2.24, 2.45) is 5.92 Å². The van der Waals surface area contributed by atoms with Crippen molar-refractivity contribution in [2.45, 2.75) is 62.9 Å². The van der Waals surface area contributed by atoms with Crippen molar-refractivity contribution >= 4 is 10.0 Å². The average molecular weight is 312 g/mol. The second kappa shape index (κ2) is 6.06. The molecule has 6 nitrogen and oxygen atoms in total. The molecule has 2 aliphatic carbocycles. The maximum Gasteiger partial charge on any atom is 0.244 e. The third-order valence-corrected chi connectivity index (χ3v) is 6.10. The fourth-order valence-electron chi connectivity index (χ4n) is 2.73. The Balaban J connectivity index is 1.63. The molecule has 0 saturated heterocycles. The molecule has 21 heavy (non-hydrogen) atoms. The van der Waals surface area contributed by atoms with Crippen LogP contribution in [0.25, 0.3) is 0 Å². The molecule has 0 radical (unpaired) electrons. The zero-order chi connectivity index (χ0) is 14.9. The molecule has 0 spiro atoms. The van der Waals surface area contributed by atoms with E-state index < -0.39 is 10.0 Å². The highest BCUT2D eigenvalue weighted by Gasteiger charge is 2.27. The van der Waals surface area contributed by atoms with Crippen LogP contribution >= 0.6 is 0 Å². The van der Waals surface area contributed by atoms with E-state index in [1.54, 1.807) is 6.92 Å². The third kappa shape index (κ3) is 3.64. The lowest BCUT2D eigenvalue weighted by Gasteiger charge is -2.25. The highest BCUT2D eigenvalue weighted by Crippen LogP contribution is 2.29. The number of nitrogens with zero attached hydrogens (tertiary/aromatic N) is 1. The van der Waals surface area contributed by atoms with E-state index in [2.05, 4.69) is 20.2 Å². The topological polar surface area (TPSA) is 86.9 Å². The second-order valence-electron chi connectivity index (χ2n) is 6.26. The zero-order valence-electron chi connectivity index (χ0n) is 12.5. The van der Waals surface area contributed by atoms with Gasteiger partial charge in [-0.1, -0.05) is 19.3 Å². The molecule has 118 valence electrons. The number of hydrogen-bond acceptors (Lipinski definition) is 4. The maximum atomic E-state index is 12.5. The van der Waals surface area contributed by atoms with Crippen molar-refractivity contribution in [2.75, 3.05) is 6.54 Å². The summed E-state index contributed by atoms with van der Waals surface area (Å²) in [5.41, 5.74) is 1.20. The fourth-order valence-corrected chi connectivity index (χ4v) is 4.13. The summed E-state index contributed by atoms with van der Waals surface area (Å²) in [5, 5.41) is 10.3. The largest absolute Gasteiger partial charge is 0.308 e. The van der Waals surface area contributed by atoms with E-state index in [1.165, 1.54) is 32.1 Å². The number of aromatic nitrogens is 2. The Morgan fingerprint density at radius 3 is 2.67 bits per heavy atom. The maximum absolute atomic E-state index is 12.5. The SMILES string of the molecule is Cc1[nH]nc(CNC2CC2)c1S(=O)(=O)NCCC1CCC1. The average Bonchev–Trinajstić information content (AvgIpc) is 3.13. The predicted octanol–water partition coefficient (Wildman–Crippen LogP) is 1.44. The van der Waals surface area contributed by atoms with Gasteiger partial charge in [0, 0.05) is 19.1 Å². The molecule has 2 fully saturated rings. The number of nitrogens with one attached hydrogen (secondary N) is 3. The van der Waals surface area contributed by atoms with Crippen LogP contribution < -0.4 is 10.0 Å². The van der Waals surface area contributed by atoms with E-state index in [0.717, 1.165) is 6.42 Å². The van der Waals surface area contributed by atoms with Gasteiger partial charge in [-0.05, 0) is 32.1 Å². The molecule has 2 aliphatic rings. The summed E-state index contributed by atoms with van der Waals surface area (Å²) in [6, 6.07) is 0.532. The van der Waals surface area contributed by atoms with Gasteiger partial charge in [-0.15, -0.1) is 0 Å². The lowest BCUT2D eigenvalue weighted by molar-refractivity contribution is 0.297. The van der Waals surface area contributed by atoms with Gasteiger partial charge < -0.3 is 5.32 Å². The quantitative estimate of drug-likeness (QED) is 0.678. The highest BCUT2D eigenvalue weighted by atomic mass is 32.2. The Morgan fingerprint density at radius 1 is 1.29 bits per heavy atom. The summed E-state index contributed by atoms with van der Waals surface area (Å²) in [6.07, 6.45) is 7.04. The van der Waals surface area contributed by atoms with Gasteiger partial charge in [0.1, 0.15) is 4.90 Å². The minimum atomic E-state index is -3.47. The van der Waals surface area contributed by atoms with E-state index >= 15 is 0 Å². The van der Waals surface area contributed by atoms with E-state index in [0.29, 0.717) is 41.3 Å². The fraction of sp³-hybridized carbons (Fsp3) is 0.786. The van der Waals surface area contributed by atoms with Crippen molar-refractivity contribution in [1.29, 1.82) is 0 Å². The first kappa shape index (κ1) is 15.0. The van der Waals surface area contributed by atoms with E-state index in [-0.39, 0.29) is 0 Å². The summed E-state index contributed by atoms with van der Waals surface area (Å²) >= 11 is 0. The van der Waals surface area contributed by atoms with Gasteiger partial charge in [0.15, 0.2) is 0 Å². The lowest BCUT2D eigenvalue weighted by Crippen LogP contribution is -2.29. The van der Waals surface area contributed by atoms with Crippen LogP contribution in [0.1, 0.15) is 49.9 Å². The molecule has 3 N–H and O–H groups in total. The molecule has 1 aromatic rings. The lowest BCUT2D eigenvalue weighted by atomic mass is 9.83. The number of H-pyrrole nitrogens is 1. The van der Waals surface area contributed by atoms with Crippen LogP contribution in [0, 0.1) is 12.8 Å². The van der Waals surface area contributed by atoms with Gasteiger partial charge in [-0.3, -0.25) is 5.10 Å². The molecule has 1 aromatic heterocycles. The van der Waals surface area contributed by atoms with E-state index in [1.807, 2.05) is 0 Å². The molecular formula is C14H24N4O2S. The highest BCUT2D eigenvalue weighted by molar-refractivity contribution is 7.89. The van der Waals surface area contributed by atoms with E-state index in [9.17, 15) is 8.42 Å². The molecule has 0 amide bonds. The molecule has 0 bridgehead atoms. The molecule has 1 heterocycles. The first-order chi connectivity index (χ1) is 10.1. The first-order valence-electron chi connectivity index (χ1n) is 7.83. The summed E-state index contributed by atoms with van der Waals surface area (Å²) in [5.74, 6) is 0.703. The molecule has 7 heteroatoms. The van der Waals surface area contributed by atoms with Crippen LogP contribution in [0.3, 0.4) is 0 Å². The first-order valence-corrected chi connectivity index (χ1v) is 9.31. The van der Waals surface area contributed by atoms with Gasteiger partial charge in [0.25, 0.3) is 0 Å². The summed E-state index contributed by atoms with van der Waals surface area (Å²) in [7, 11) is -3.47. The summed E-state index contributed by atoms with van der Waals surface area (Å²) in [6.45, 7) is 2.79. The van der Waals surface area contributed by atoms with Gasteiger partial charge in [-0.25, -0.2) is 13.1 Å². The van der Waals surface area contributed by atoms with Crippen LogP contribution in [0.4, 0.5) is 0 Å². The number of aryl methyl sites for hydroxylation is 1. The minimum absolute atomic E-state index is 0.323. The summed E-state index contributed by atoms with van der Waals surface area (Å²) < 4.78 is 27.7. The van der Waals surface area contributed by atoms with Crippen LogP contribution in [0.5, 0.6) is 0 Å². The van der Waals surface area contributed by atoms with Crippen LogP contribution in [-0.2, 0) is 16.6 Å². The van der Waals surface area contributed by atoms with Crippen molar-refractivity contribution in [3.63, 3.8) is 0 Å². The number of sulfonamides is 1. The number of hydrogen-bond donors (Lipinski definition) is 3. The zero-order valence-corrected chi connectivity index (χ0v) is 13.3. The van der Waals surface area contributed by atoms with Crippen LogP contribution in [0.2, 0.25) is 0 Å². The molecule has 2 saturated carbocycles. The molecule has 0 unspecified atom stereocenters. The third-order valence-electron chi connectivity index (χ3n) is 4.43. The van der Waals surface area contributed by atoms with Crippen molar-refractivity contribution in [1.82, 2.24) is 20.2 Å². The Kier molecular flexibility index (Phi) is 4.33. The smallest absolute Gasteiger partial charge is 0.244 e. The Labute approximate surface area is 126 Å². The number of rotatable bonds is 8. The summed E-state index contributed by atoms with van der Waals surface area (Å²) in [4.78, 5) is 0.323. The van der Waals surface area contributed by atoms with Gasteiger partial charge >= 0.3 is 0 Å².